The number of rotatable bonds is 7. The summed E-state index contributed by atoms with van der Waals surface area (Å²) in [7, 11) is -1.05. The minimum Gasteiger partial charge on any atom is -0.347 e. The zero-order valence-electron chi connectivity index (χ0n) is 21.1. The Balaban J connectivity index is 1.47. The molecule has 1 heterocycles. The SMILES string of the molecule is Cc1ccc(Br)c([C@@H]2CC2Cn2cc(C3CCCCC3)c3ccc(C(=O)NS(=O)(=O)N(C)C)cc32)c1. The van der Waals surface area contributed by atoms with Crippen LogP contribution in [0.2, 0.25) is 0 Å². The molecule has 2 atom stereocenters. The molecule has 3 aromatic rings. The van der Waals surface area contributed by atoms with E-state index < -0.39 is 16.1 Å². The Morgan fingerprint density at radius 3 is 2.56 bits per heavy atom. The van der Waals surface area contributed by atoms with Crippen LogP contribution in [-0.4, -0.2) is 37.3 Å². The number of hydrogen-bond acceptors (Lipinski definition) is 3. The fourth-order valence-corrected chi connectivity index (χ4v) is 6.72. The van der Waals surface area contributed by atoms with E-state index in [1.807, 2.05) is 12.1 Å². The first-order valence-corrected chi connectivity index (χ1v) is 15.0. The summed E-state index contributed by atoms with van der Waals surface area (Å²) in [5.41, 5.74) is 5.38. The molecule has 8 heteroatoms. The number of carbonyl (C=O) groups is 1. The van der Waals surface area contributed by atoms with Gasteiger partial charge in [-0.2, -0.15) is 12.7 Å². The molecule has 1 amide bonds. The molecule has 2 aromatic carbocycles. The van der Waals surface area contributed by atoms with E-state index >= 15 is 0 Å². The van der Waals surface area contributed by atoms with Crippen LogP contribution in [0.1, 0.15) is 77.4 Å². The summed E-state index contributed by atoms with van der Waals surface area (Å²) < 4.78 is 31.1. The number of amides is 1. The van der Waals surface area contributed by atoms with Crippen molar-refractivity contribution in [2.24, 2.45) is 5.92 Å². The average molecular weight is 573 g/mol. The number of halogens is 1. The smallest absolute Gasteiger partial charge is 0.303 e. The van der Waals surface area contributed by atoms with Gasteiger partial charge in [-0.25, -0.2) is 4.72 Å². The van der Waals surface area contributed by atoms with Crippen molar-refractivity contribution in [2.45, 2.75) is 63.8 Å². The lowest BCUT2D eigenvalue weighted by atomic mass is 9.84. The first-order chi connectivity index (χ1) is 17.1. The van der Waals surface area contributed by atoms with Crippen LogP contribution < -0.4 is 4.72 Å². The number of nitrogens with one attached hydrogen (secondary N) is 1. The van der Waals surface area contributed by atoms with Gasteiger partial charge in [0, 0.05) is 47.8 Å². The first-order valence-electron chi connectivity index (χ1n) is 12.8. The molecule has 1 unspecified atom stereocenters. The highest BCUT2D eigenvalue weighted by molar-refractivity contribution is 9.10. The molecule has 0 saturated heterocycles. The maximum atomic E-state index is 12.8. The molecule has 2 aliphatic carbocycles. The van der Waals surface area contributed by atoms with E-state index in [0.717, 1.165) is 22.8 Å². The summed E-state index contributed by atoms with van der Waals surface area (Å²) in [4.78, 5) is 12.8. The molecule has 1 aromatic heterocycles. The lowest BCUT2D eigenvalue weighted by Gasteiger charge is -2.21. The Morgan fingerprint density at radius 2 is 1.83 bits per heavy atom. The standard InChI is InChI=1S/C28H34BrN3O3S/c1-18-9-12-26(29)24(13-18)23-14-21(23)16-32-17-25(19-7-5-4-6-8-19)22-11-10-20(15-27(22)32)28(33)30-36(34,35)31(2)3/h9-13,15,17,19,21,23H,4-8,14,16H2,1-3H3,(H,30,33)/t21?,23-/m1/s1. The summed E-state index contributed by atoms with van der Waals surface area (Å²) in [6.07, 6.45) is 9.66. The second-order valence-corrected chi connectivity index (χ2v) is 13.4. The number of nitrogens with zero attached hydrogens (tertiary/aromatic N) is 2. The van der Waals surface area contributed by atoms with Crippen LogP contribution in [0.25, 0.3) is 10.9 Å². The molecule has 1 N–H and O–H groups in total. The minimum absolute atomic E-state index is 0.358. The van der Waals surface area contributed by atoms with Crippen molar-refractivity contribution in [2.75, 3.05) is 14.1 Å². The molecule has 2 saturated carbocycles. The van der Waals surface area contributed by atoms with Crippen LogP contribution in [0.3, 0.4) is 0 Å². The summed E-state index contributed by atoms with van der Waals surface area (Å²) in [5, 5.41) is 1.18. The highest BCUT2D eigenvalue weighted by Crippen LogP contribution is 2.51. The van der Waals surface area contributed by atoms with Gasteiger partial charge in [0.05, 0.1) is 0 Å². The van der Waals surface area contributed by atoms with E-state index in [1.165, 1.54) is 72.7 Å². The van der Waals surface area contributed by atoms with Gasteiger partial charge in [0.2, 0.25) is 0 Å². The molecule has 6 nitrogen and oxygen atoms in total. The maximum absolute atomic E-state index is 12.8. The number of aromatic nitrogens is 1. The number of hydrogen-bond donors (Lipinski definition) is 1. The van der Waals surface area contributed by atoms with Gasteiger partial charge in [-0.15, -0.1) is 0 Å². The summed E-state index contributed by atoms with van der Waals surface area (Å²) in [5.74, 6) is 0.985. The van der Waals surface area contributed by atoms with Gasteiger partial charge in [0.25, 0.3) is 5.91 Å². The monoisotopic (exact) mass is 571 g/mol. The van der Waals surface area contributed by atoms with Crippen molar-refractivity contribution in [1.82, 2.24) is 13.6 Å². The van der Waals surface area contributed by atoms with E-state index in [2.05, 4.69) is 56.5 Å². The molecule has 36 heavy (non-hydrogen) atoms. The molecular formula is C28H34BrN3O3S. The van der Waals surface area contributed by atoms with Crippen LogP contribution in [0.5, 0.6) is 0 Å². The van der Waals surface area contributed by atoms with Gasteiger partial charge in [-0.1, -0.05) is 59.0 Å². The maximum Gasteiger partial charge on any atom is 0.303 e. The summed E-state index contributed by atoms with van der Waals surface area (Å²) in [6, 6.07) is 12.2. The molecule has 0 bridgehead atoms. The zero-order valence-corrected chi connectivity index (χ0v) is 23.5. The third-order valence-electron chi connectivity index (χ3n) is 7.83. The topological polar surface area (TPSA) is 71.4 Å². The van der Waals surface area contributed by atoms with Gasteiger partial charge in [0.1, 0.15) is 0 Å². The second-order valence-electron chi connectivity index (χ2n) is 10.6. The van der Waals surface area contributed by atoms with Crippen molar-refractivity contribution in [1.29, 1.82) is 0 Å². The predicted molar refractivity (Wildman–Crippen MR) is 148 cm³/mol. The Morgan fingerprint density at radius 1 is 1.08 bits per heavy atom. The molecule has 0 aliphatic heterocycles. The number of fused-ring (bicyclic) bond motifs is 1. The van der Waals surface area contributed by atoms with E-state index in [1.54, 1.807) is 6.07 Å². The van der Waals surface area contributed by atoms with E-state index in [4.69, 9.17) is 0 Å². The highest BCUT2D eigenvalue weighted by atomic mass is 79.9. The first kappa shape index (κ1) is 25.5. The molecule has 0 spiro atoms. The Kier molecular flexibility index (Phi) is 7.05. The molecule has 5 rings (SSSR count). The number of aryl methyl sites for hydroxylation is 1. The van der Waals surface area contributed by atoms with Crippen LogP contribution in [-0.2, 0) is 16.8 Å². The fourth-order valence-electron chi connectivity index (χ4n) is 5.65. The molecule has 2 fully saturated rings. The lowest BCUT2D eigenvalue weighted by Crippen LogP contribution is -2.39. The number of carbonyl (C=O) groups excluding carboxylic acids is 1. The molecule has 192 valence electrons. The number of benzene rings is 2. The van der Waals surface area contributed by atoms with E-state index in [0.29, 0.717) is 23.3 Å². The van der Waals surface area contributed by atoms with Gasteiger partial charge < -0.3 is 4.57 Å². The van der Waals surface area contributed by atoms with Crippen molar-refractivity contribution in [3.63, 3.8) is 0 Å². The Labute approximate surface area is 222 Å². The Bertz CT molecular complexity index is 1410. The van der Waals surface area contributed by atoms with Crippen LogP contribution >= 0.6 is 15.9 Å². The van der Waals surface area contributed by atoms with Crippen LogP contribution in [0, 0.1) is 12.8 Å². The normalized spacial score (nSPS) is 20.7. The zero-order chi connectivity index (χ0) is 25.6. The minimum atomic E-state index is -3.85. The lowest BCUT2D eigenvalue weighted by molar-refractivity contribution is 0.0980. The van der Waals surface area contributed by atoms with Gasteiger partial charge in [-0.05, 0) is 73.3 Å². The quantitative estimate of drug-likeness (QED) is 0.372. The van der Waals surface area contributed by atoms with Gasteiger partial charge in [0.15, 0.2) is 0 Å². The molecule has 2 aliphatic rings. The molecule has 0 radical (unpaired) electrons. The van der Waals surface area contributed by atoms with Crippen molar-refractivity contribution < 1.29 is 13.2 Å². The van der Waals surface area contributed by atoms with Crippen LogP contribution in [0.4, 0.5) is 0 Å². The second kappa shape index (κ2) is 9.95. The Hall–Kier alpha value is -2.16. The van der Waals surface area contributed by atoms with Crippen molar-refractivity contribution in [3.05, 3.63) is 69.3 Å². The van der Waals surface area contributed by atoms with E-state index in [-0.39, 0.29) is 0 Å². The van der Waals surface area contributed by atoms with Gasteiger partial charge in [-0.3, -0.25) is 4.79 Å². The summed E-state index contributed by atoms with van der Waals surface area (Å²) in [6.45, 7) is 3.02. The van der Waals surface area contributed by atoms with Gasteiger partial charge >= 0.3 is 10.2 Å². The van der Waals surface area contributed by atoms with Crippen molar-refractivity contribution in [3.8, 4) is 0 Å². The predicted octanol–water partition coefficient (Wildman–Crippen LogP) is 6.10. The van der Waals surface area contributed by atoms with Crippen LogP contribution in [0.15, 0.2) is 47.1 Å². The highest BCUT2D eigenvalue weighted by Gasteiger charge is 2.40. The molecular weight excluding hydrogens is 538 g/mol. The fraction of sp³-hybridized carbons (Fsp3) is 0.464. The summed E-state index contributed by atoms with van der Waals surface area (Å²) >= 11 is 3.74. The largest absolute Gasteiger partial charge is 0.347 e. The van der Waals surface area contributed by atoms with Crippen molar-refractivity contribution >= 4 is 42.9 Å². The average Bonchev–Trinajstić information content (AvgIpc) is 3.52. The third kappa shape index (κ3) is 5.13. The third-order valence-corrected chi connectivity index (χ3v) is 9.95. The van der Waals surface area contributed by atoms with E-state index in [9.17, 15) is 13.2 Å².